The molecule has 100 valence electrons. The lowest BCUT2D eigenvalue weighted by Crippen LogP contribution is -2.30. The van der Waals surface area contributed by atoms with Crippen LogP contribution in [0.4, 0.5) is 0 Å². The number of nitrogens with zero attached hydrogens (tertiary/aromatic N) is 1. The molecular formula is C15H18N2O2. The molecule has 0 atom stereocenters. The molecule has 19 heavy (non-hydrogen) atoms. The summed E-state index contributed by atoms with van der Waals surface area (Å²) in [5.74, 6) is 0.00773. The lowest BCUT2D eigenvalue weighted by molar-refractivity contribution is 0.0958. The van der Waals surface area contributed by atoms with Gasteiger partial charge in [-0.2, -0.15) is 0 Å². The molecule has 0 unspecified atom stereocenters. The van der Waals surface area contributed by atoms with Gasteiger partial charge in [-0.25, -0.2) is 0 Å². The topological polar surface area (TPSA) is 50.7 Å². The number of nitrogens with one attached hydrogen (secondary N) is 1. The molecule has 0 aromatic heterocycles. The normalized spacial score (nSPS) is 17.4. The van der Waals surface area contributed by atoms with Gasteiger partial charge in [0, 0.05) is 12.0 Å². The minimum absolute atomic E-state index is 0.00773. The van der Waals surface area contributed by atoms with Gasteiger partial charge in [-0.05, 0) is 42.9 Å². The van der Waals surface area contributed by atoms with Crippen molar-refractivity contribution in [3.05, 3.63) is 34.9 Å². The summed E-state index contributed by atoms with van der Waals surface area (Å²) >= 11 is 0. The van der Waals surface area contributed by atoms with Gasteiger partial charge in [0.25, 0.3) is 5.91 Å². The van der Waals surface area contributed by atoms with Gasteiger partial charge in [-0.3, -0.25) is 4.79 Å². The zero-order chi connectivity index (χ0) is 13.1. The molecule has 3 rings (SSSR count). The molecule has 4 heteroatoms. The van der Waals surface area contributed by atoms with Gasteiger partial charge in [-0.15, -0.1) is 0 Å². The molecule has 0 saturated heterocycles. The first kappa shape index (κ1) is 12.2. The molecular weight excluding hydrogens is 240 g/mol. The van der Waals surface area contributed by atoms with Crippen LogP contribution in [0, 0.1) is 0 Å². The second kappa shape index (κ2) is 5.43. The Bertz CT molecular complexity index is 523. The van der Waals surface area contributed by atoms with Crippen LogP contribution < -0.4 is 5.32 Å². The molecule has 0 spiro atoms. The van der Waals surface area contributed by atoms with Gasteiger partial charge < -0.3 is 10.2 Å². The summed E-state index contributed by atoms with van der Waals surface area (Å²) in [5, 5.41) is 6.83. The highest BCUT2D eigenvalue weighted by Gasteiger charge is 2.18. The molecule has 1 amide bonds. The maximum atomic E-state index is 12.3. The van der Waals surface area contributed by atoms with Crippen molar-refractivity contribution in [2.24, 2.45) is 5.16 Å². The summed E-state index contributed by atoms with van der Waals surface area (Å²) in [6.45, 7) is 1.12. The number of fused-ring (bicyclic) bond motifs is 1. The lowest BCUT2D eigenvalue weighted by Gasteiger charge is -2.18. The number of aryl methyl sites for hydroxylation is 1. The second-order valence-electron chi connectivity index (χ2n) is 5.07. The van der Waals surface area contributed by atoms with E-state index in [1.165, 1.54) is 24.0 Å². The van der Waals surface area contributed by atoms with Crippen LogP contribution >= 0.6 is 0 Å². The van der Waals surface area contributed by atoms with Crippen LogP contribution in [-0.4, -0.2) is 24.8 Å². The number of oxime groups is 1. The third-order valence-corrected chi connectivity index (χ3v) is 3.77. The van der Waals surface area contributed by atoms with E-state index in [-0.39, 0.29) is 5.91 Å². The van der Waals surface area contributed by atoms with E-state index in [1.807, 2.05) is 12.1 Å². The number of hydrogen-bond acceptors (Lipinski definition) is 3. The number of amides is 1. The van der Waals surface area contributed by atoms with Crippen LogP contribution in [0.1, 0.15) is 40.7 Å². The van der Waals surface area contributed by atoms with E-state index in [9.17, 15) is 4.79 Å². The number of hydrogen-bond donors (Lipinski definition) is 1. The molecule has 1 N–H and O–H groups in total. The molecule has 0 bridgehead atoms. The fourth-order valence-electron chi connectivity index (χ4n) is 2.74. The Hall–Kier alpha value is -1.84. The maximum Gasteiger partial charge on any atom is 0.251 e. The van der Waals surface area contributed by atoms with Crippen molar-refractivity contribution in [1.29, 1.82) is 0 Å². The van der Waals surface area contributed by atoms with E-state index in [1.54, 1.807) is 0 Å². The van der Waals surface area contributed by atoms with Crippen molar-refractivity contribution in [2.45, 2.75) is 32.1 Å². The summed E-state index contributed by atoms with van der Waals surface area (Å²) in [5.41, 5.74) is 4.31. The monoisotopic (exact) mass is 258 g/mol. The molecule has 1 aliphatic heterocycles. The predicted octanol–water partition coefficient (Wildman–Crippen LogP) is 2.07. The highest BCUT2D eigenvalue weighted by molar-refractivity contribution is 5.99. The zero-order valence-corrected chi connectivity index (χ0v) is 10.9. The fourth-order valence-corrected chi connectivity index (χ4v) is 2.74. The van der Waals surface area contributed by atoms with Crippen molar-refractivity contribution in [3.8, 4) is 0 Å². The average Bonchev–Trinajstić information content (AvgIpc) is 2.97. The molecule has 1 aromatic carbocycles. The van der Waals surface area contributed by atoms with E-state index < -0.39 is 0 Å². The third-order valence-electron chi connectivity index (χ3n) is 3.77. The zero-order valence-electron chi connectivity index (χ0n) is 10.9. The third kappa shape index (κ3) is 2.62. The standard InChI is InChI=1S/C15H18N2O2/c18-15(16-10-12-8-9-19-17-12)14-7-3-5-11-4-1-2-6-13(11)14/h3,5,7H,1-2,4,6,8-10H2,(H,16,18). The Morgan fingerprint density at radius 3 is 3.00 bits per heavy atom. The molecule has 4 nitrogen and oxygen atoms in total. The number of rotatable bonds is 3. The summed E-state index contributed by atoms with van der Waals surface area (Å²) in [6.07, 6.45) is 5.33. The SMILES string of the molecule is O=C(NCC1=NOCC1)c1cccc2c1CCCC2. The summed E-state index contributed by atoms with van der Waals surface area (Å²) in [6, 6.07) is 6.04. The number of carbonyl (C=O) groups is 1. The predicted molar refractivity (Wildman–Crippen MR) is 73.4 cm³/mol. The van der Waals surface area contributed by atoms with Gasteiger partial charge >= 0.3 is 0 Å². The molecule has 2 aliphatic rings. The smallest absolute Gasteiger partial charge is 0.251 e. The lowest BCUT2D eigenvalue weighted by atomic mass is 9.88. The maximum absolute atomic E-state index is 12.3. The molecule has 0 radical (unpaired) electrons. The largest absolute Gasteiger partial charge is 0.395 e. The molecule has 0 saturated carbocycles. The van der Waals surface area contributed by atoms with E-state index in [4.69, 9.17) is 4.84 Å². The van der Waals surface area contributed by atoms with Crippen molar-refractivity contribution < 1.29 is 9.63 Å². The van der Waals surface area contributed by atoms with Crippen molar-refractivity contribution >= 4 is 11.6 Å². The van der Waals surface area contributed by atoms with Crippen molar-refractivity contribution in [1.82, 2.24) is 5.32 Å². The minimum atomic E-state index is 0.00773. The van der Waals surface area contributed by atoms with Crippen LogP contribution in [-0.2, 0) is 17.7 Å². The highest BCUT2D eigenvalue weighted by atomic mass is 16.6. The van der Waals surface area contributed by atoms with E-state index in [0.29, 0.717) is 13.2 Å². The van der Waals surface area contributed by atoms with E-state index in [2.05, 4.69) is 16.5 Å². The Balaban J connectivity index is 1.72. The number of carbonyl (C=O) groups excluding carboxylic acids is 1. The summed E-state index contributed by atoms with van der Waals surface area (Å²) in [4.78, 5) is 17.2. The quantitative estimate of drug-likeness (QED) is 0.902. The Labute approximate surface area is 112 Å². The van der Waals surface area contributed by atoms with Gasteiger partial charge in [-0.1, -0.05) is 17.3 Å². The van der Waals surface area contributed by atoms with Gasteiger partial charge in [0.1, 0.15) is 6.61 Å². The first-order chi connectivity index (χ1) is 9.34. The minimum Gasteiger partial charge on any atom is -0.395 e. The van der Waals surface area contributed by atoms with Crippen molar-refractivity contribution in [2.75, 3.05) is 13.2 Å². The Morgan fingerprint density at radius 1 is 1.26 bits per heavy atom. The molecule has 1 heterocycles. The highest BCUT2D eigenvalue weighted by Crippen LogP contribution is 2.24. The summed E-state index contributed by atoms with van der Waals surface area (Å²) in [7, 11) is 0. The van der Waals surface area contributed by atoms with E-state index in [0.717, 1.165) is 30.5 Å². The van der Waals surface area contributed by atoms with Gasteiger partial charge in [0.2, 0.25) is 0 Å². The van der Waals surface area contributed by atoms with E-state index >= 15 is 0 Å². The van der Waals surface area contributed by atoms with Crippen LogP contribution in [0.2, 0.25) is 0 Å². The number of benzene rings is 1. The van der Waals surface area contributed by atoms with Crippen LogP contribution in [0.3, 0.4) is 0 Å². The average molecular weight is 258 g/mol. The Morgan fingerprint density at radius 2 is 2.16 bits per heavy atom. The summed E-state index contributed by atoms with van der Waals surface area (Å²) < 4.78 is 0. The van der Waals surface area contributed by atoms with Gasteiger partial charge in [0.05, 0.1) is 12.3 Å². The fraction of sp³-hybridized carbons (Fsp3) is 0.467. The van der Waals surface area contributed by atoms with Crippen LogP contribution in [0.5, 0.6) is 0 Å². The first-order valence-electron chi connectivity index (χ1n) is 6.91. The van der Waals surface area contributed by atoms with Crippen LogP contribution in [0.15, 0.2) is 23.4 Å². The van der Waals surface area contributed by atoms with Gasteiger partial charge in [0.15, 0.2) is 0 Å². The second-order valence-corrected chi connectivity index (χ2v) is 5.07. The molecule has 0 fully saturated rings. The van der Waals surface area contributed by atoms with Crippen molar-refractivity contribution in [3.63, 3.8) is 0 Å². The van der Waals surface area contributed by atoms with Crippen LogP contribution in [0.25, 0.3) is 0 Å². The molecule has 1 aliphatic carbocycles. The molecule has 1 aromatic rings. The Kier molecular flexibility index (Phi) is 3.49. The first-order valence-corrected chi connectivity index (χ1v) is 6.91.